The van der Waals surface area contributed by atoms with E-state index in [2.05, 4.69) is 20.8 Å². The molecule has 0 fully saturated rings. The summed E-state index contributed by atoms with van der Waals surface area (Å²) in [6, 6.07) is 8.51. The van der Waals surface area contributed by atoms with E-state index < -0.39 is 0 Å². The second-order valence-corrected chi connectivity index (χ2v) is 6.48. The third kappa shape index (κ3) is 4.35. The number of nitrogens with zero attached hydrogens (tertiary/aromatic N) is 4. The summed E-state index contributed by atoms with van der Waals surface area (Å²) in [6.07, 6.45) is 1.69. The number of aryl methyl sites for hydroxylation is 2. The molecule has 0 aliphatic heterocycles. The Labute approximate surface area is 161 Å². The second kappa shape index (κ2) is 7.63. The van der Waals surface area contributed by atoms with E-state index in [1.165, 1.54) is 0 Å². The van der Waals surface area contributed by atoms with Crippen molar-refractivity contribution >= 4 is 34.8 Å². The van der Waals surface area contributed by atoms with Gasteiger partial charge in [0.2, 0.25) is 5.91 Å². The normalized spacial score (nSPS) is 10.7. The molecular formula is C18H19ClN6O2. The van der Waals surface area contributed by atoms with E-state index >= 15 is 0 Å². The highest BCUT2D eigenvalue weighted by molar-refractivity contribution is 6.31. The predicted octanol–water partition coefficient (Wildman–Crippen LogP) is 2.78. The minimum atomic E-state index is -0.323. The fourth-order valence-corrected chi connectivity index (χ4v) is 2.71. The highest BCUT2D eigenvalue weighted by atomic mass is 35.5. The van der Waals surface area contributed by atoms with Gasteiger partial charge in [-0.15, -0.1) is 0 Å². The van der Waals surface area contributed by atoms with Gasteiger partial charge in [-0.25, -0.2) is 0 Å². The van der Waals surface area contributed by atoms with Gasteiger partial charge in [0.15, 0.2) is 5.69 Å². The van der Waals surface area contributed by atoms with Crippen LogP contribution in [0.5, 0.6) is 0 Å². The minimum absolute atomic E-state index is 0.0456. The first kappa shape index (κ1) is 18.7. The van der Waals surface area contributed by atoms with Crippen LogP contribution in [-0.4, -0.2) is 31.4 Å². The zero-order valence-electron chi connectivity index (χ0n) is 15.2. The van der Waals surface area contributed by atoms with Crippen molar-refractivity contribution in [1.29, 1.82) is 0 Å². The average molecular weight is 387 g/mol. The molecule has 0 aliphatic carbocycles. The van der Waals surface area contributed by atoms with Gasteiger partial charge in [-0.2, -0.15) is 10.2 Å². The number of hydrogen-bond donors (Lipinski definition) is 2. The Bertz CT molecular complexity index is 1010. The van der Waals surface area contributed by atoms with Crippen molar-refractivity contribution in [2.24, 2.45) is 7.05 Å². The average Bonchev–Trinajstić information content (AvgIpc) is 3.15. The van der Waals surface area contributed by atoms with Crippen molar-refractivity contribution in [1.82, 2.24) is 19.6 Å². The molecule has 0 unspecified atom stereocenters. The molecule has 8 nitrogen and oxygen atoms in total. The van der Waals surface area contributed by atoms with Crippen molar-refractivity contribution in [3.63, 3.8) is 0 Å². The van der Waals surface area contributed by atoms with E-state index in [1.807, 2.05) is 6.92 Å². The maximum atomic E-state index is 12.3. The summed E-state index contributed by atoms with van der Waals surface area (Å²) in [5.74, 6) is -0.568. The molecule has 9 heteroatoms. The smallest absolute Gasteiger partial charge is 0.276 e. The molecule has 0 saturated carbocycles. The van der Waals surface area contributed by atoms with Gasteiger partial charge in [-0.05, 0) is 38.1 Å². The van der Waals surface area contributed by atoms with Crippen molar-refractivity contribution in [3.05, 3.63) is 58.6 Å². The molecule has 0 atom stereocenters. The number of benzene rings is 1. The number of aromatic nitrogens is 4. The Kier molecular flexibility index (Phi) is 5.27. The van der Waals surface area contributed by atoms with E-state index in [0.717, 1.165) is 5.69 Å². The largest absolute Gasteiger partial charge is 0.324 e. The lowest BCUT2D eigenvalue weighted by molar-refractivity contribution is -0.116. The predicted molar refractivity (Wildman–Crippen MR) is 103 cm³/mol. The Morgan fingerprint density at radius 1 is 1.11 bits per heavy atom. The van der Waals surface area contributed by atoms with Crippen LogP contribution in [0.3, 0.4) is 0 Å². The monoisotopic (exact) mass is 386 g/mol. The molecule has 2 aromatic heterocycles. The first-order valence-electron chi connectivity index (χ1n) is 8.24. The van der Waals surface area contributed by atoms with Crippen molar-refractivity contribution in [2.45, 2.75) is 20.4 Å². The summed E-state index contributed by atoms with van der Waals surface area (Å²) in [5, 5.41) is 14.4. The third-order valence-corrected chi connectivity index (χ3v) is 4.48. The summed E-state index contributed by atoms with van der Waals surface area (Å²) >= 11 is 6.10. The molecule has 0 radical (unpaired) electrons. The van der Waals surface area contributed by atoms with Crippen LogP contribution in [0, 0.1) is 13.8 Å². The van der Waals surface area contributed by atoms with Crippen LogP contribution in [0.25, 0.3) is 0 Å². The number of hydrogen-bond acceptors (Lipinski definition) is 4. The number of nitrogens with one attached hydrogen (secondary N) is 2. The van der Waals surface area contributed by atoms with E-state index in [0.29, 0.717) is 27.8 Å². The van der Waals surface area contributed by atoms with Gasteiger partial charge in [0.05, 0.1) is 16.4 Å². The van der Waals surface area contributed by atoms with Gasteiger partial charge in [0, 0.05) is 24.6 Å². The molecule has 2 heterocycles. The van der Waals surface area contributed by atoms with Crippen molar-refractivity contribution in [2.75, 3.05) is 10.6 Å². The molecule has 3 rings (SSSR count). The molecular weight excluding hydrogens is 368 g/mol. The SMILES string of the molecule is Cc1nn(CC(=O)Nc2cccc(NC(=O)c3ccn(C)n3)c2)c(C)c1Cl. The molecule has 140 valence electrons. The standard InChI is InChI=1S/C18H19ClN6O2/c1-11-17(19)12(2)25(22-11)10-16(26)20-13-5-4-6-14(9-13)21-18(27)15-7-8-24(3)23-15/h4-9H,10H2,1-3H3,(H,20,26)(H,21,27). The van der Waals surface area contributed by atoms with Crippen LogP contribution in [0.15, 0.2) is 36.5 Å². The first-order chi connectivity index (χ1) is 12.8. The Balaban J connectivity index is 1.65. The van der Waals surface area contributed by atoms with E-state index in [4.69, 9.17) is 11.6 Å². The molecule has 0 spiro atoms. The highest BCUT2D eigenvalue weighted by Gasteiger charge is 2.13. The summed E-state index contributed by atoms with van der Waals surface area (Å²) in [7, 11) is 1.74. The number of carbonyl (C=O) groups excluding carboxylic acids is 2. The summed E-state index contributed by atoms with van der Waals surface area (Å²) in [4.78, 5) is 24.5. The number of amides is 2. The summed E-state index contributed by atoms with van der Waals surface area (Å²) < 4.78 is 3.11. The van der Waals surface area contributed by atoms with Crippen LogP contribution in [-0.2, 0) is 18.4 Å². The number of anilines is 2. The van der Waals surface area contributed by atoms with E-state index in [-0.39, 0.29) is 18.4 Å². The van der Waals surface area contributed by atoms with Crippen LogP contribution >= 0.6 is 11.6 Å². The number of rotatable bonds is 5. The van der Waals surface area contributed by atoms with Crippen molar-refractivity contribution in [3.8, 4) is 0 Å². The van der Waals surface area contributed by atoms with Gasteiger partial charge in [0.25, 0.3) is 5.91 Å². The Morgan fingerprint density at radius 2 is 1.81 bits per heavy atom. The molecule has 2 N–H and O–H groups in total. The maximum Gasteiger partial charge on any atom is 0.276 e. The molecule has 1 aromatic carbocycles. The molecule has 0 aliphatic rings. The van der Waals surface area contributed by atoms with Crippen LogP contribution in [0.1, 0.15) is 21.9 Å². The lowest BCUT2D eigenvalue weighted by atomic mass is 10.2. The first-order valence-corrected chi connectivity index (χ1v) is 8.61. The molecule has 0 bridgehead atoms. The zero-order valence-corrected chi connectivity index (χ0v) is 15.9. The topological polar surface area (TPSA) is 93.8 Å². The van der Waals surface area contributed by atoms with Gasteiger partial charge in [-0.3, -0.25) is 19.0 Å². The van der Waals surface area contributed by atoms with Gasteiger partial charge in [-0.1, -0.05) is 17.7 Å². The number of carbonyl (C=O) groups is 2. The lowest BCUT2D eigenvalue weighted by Crippen LogP contribution is -2.20. The number of halogens is 1. The van der Waals surface area contributed by atoms with E-state index in [1.54, 1.807) is 59.9 Å². The quantitative estimate of drug-likeness (QED) is 0.705. The lowest BCUT2D eigenvalue weighted by Gasteiger charge is -2.09. The fraction of sp³-hybridized carbons (Fsp3) is 0.222. The van der Waals surface area contributed by atoms with Crippen LogP contribution < -0.4 is 10.6 Å². The second-order valence-electron chi connectivity index (χ2n) is 6.10. The van der Waals surface area contributed by atoms with E-state index in [9.17, 15) is 9.59 Å². The molecule has 27 heavy (non-hydrogen) atoms. The maximum absolute atomic E-state index is 12.3. The van der Waals surface area contributed by atoms with Crippen LogP contribution in [0.4, 0.5) is 11.4 Å². The van der Waals surface area contributed by atoms with Gasteiger partial charge in [0.1, 0.15) is 6.54 Å². The summed E-state index contributed by atoms with van der Waals surface area (Å²) in [5.41, 5.74) is 2.85. The fourth-order valence-electron chi connectivity index (χ4n) is 2.57. The Hall–Kier alpha value is -3.13. The van der Waals surface area contributed by atoms with Gasteiger partial charge >= 0.3 is 0 Å². The molecule has 0 saturated heterocycles. The van der Waals surface area contributed by atoms with Crippen LogP contribution in [0.2, 0.25) is 5.02 Å². The Morgan fingerprint density at radius 3 is 2.41 bits per heavy atom. The zero-order chi connectivity index (χ0) is 19.6. The van der Waals surface area contributed by atoms with Gasteiger partial charge < -0.3 is 10.6 Å². The third-order valence-electron chi connectivity index (χ3n) is 3.94. The minimum Gasteiger partial charge on any atom is -0.324 e. The molecule has 2 amide bonds. The highest BCUT2D eigenvalue weighted by Crippen LogP contribution is 2.19. The van der Waals surface area contributed by atoms with Crippen molar-refractivity contribution < 1.29 is 9.59 Å². The summed E-state index contributed by atoms with van der Waals surface area (Å²) in [6.45, 7) is 3.64. The molecule has 3 aromatic rings.